The quantitative estimate of drug-likeness (QED) is 0.591. The molecule has 0 aliphatic carbocycles. The van der Waals surface area contributed by atoms with E-state index >= 15 is 0 Å². The number of hydrogen-bond acceptors (Lipinski definition) is 1. The summed E-state index contributed by atoms with van der Waals surface area (Å²) in [4.78, 5) is 11.6. The van der Waals surface area contributed by atoms with Gasteiger partial charge in [0.1, 0.15) is 5.82 Å². The highest BCUT2D eigenvalue weighted by molar-refractivity contribution is 9.10. The van der Waals surface area contributed by atoms with Gasteiger partial charge in [-0.05, 0) is 39.2 Å². The SMILES string of the molecule is O=C(CCl)c1cc(-c2ccccc2)cc(Br)c1F. The predicted octanol–water partition coefficient (Wildman–Crippen LogP) is 4.68. The Morgan fingerprint density at radius 1 is 1.17 bits per heavy atom. The maximum atomic E-state index is 13.8. The lowest BCUT2D eigenvalue weighted by molar-refractivity contribution is 0.101. The number of rotatable bonds is 3. The van der Waals surface area contributed by atoms with Gasteiger partial charge >= 0.3 is 0 Å². The van der Waals surface area contributed by atoms with Crippen molar-refractivity contribution in [2.45, 2.75) is 0 Å². The van der Waals surface area contributed by atoms with Crippen molar-refractivity contribution in [1.82, 2.24) is 0 Å². The molecule has 92 valence electrons. The average molecular weight is 328 g/mol. The lowest BCUT2D eigenvalue weighted by Gasteiger charge is -2.07. The normalized spacial score (nSPS) is 10.4. The van der Waals surface area contributed by atoms with E-state index < -0.39 is 11.6 Å². The Morgan fingerprint density at radius 3 is 2.44 bits per heavy atom. The van der Waals surface area contributed by atoms with E-state index in [1.807, 2.05) is 30.3 Å². The van der Waals surface area contributed by atoms with Crippen LogP contribution in [0.2, 0.25) is 0 Å². The maximum Gasteiger partial charge on any atom is 0.180 e. The summed E-state index contributed by atoms with van der Waals surface area (Å²) in [6, 6.07) is 12.6. The summed E-state index contributed by atoms with van der Waals surface area (Å²) in [5.41, 5.74) is 1.71. The van der Waals surface area contributed by atoms with E-state index in [0.29, 0.717) is 0 Å². The standard InChI is InChI=1S/C14H9BrClFO/c15-12-7-10(9-4-2-1-3-5-9)6-11(14(12)17)13(18)8-16/h1-7H,8H2. The first-order valence-corrected chi connectivity index (χ1v) is 6.60. The van der Waals surface area contributed by atoms with Crippen LogP contribution in [-0.4, -0.2) is 11.7 Å². The molecule has 0 fully saturated rings. The van der Waals surface area contributed by atoms with Gasteiger partial charge in [0.15, 0.2) is 5.78 Å². The van der Waals surface area contributed by atoms with Gasteiger partial charge in [-0.3, -0.25) is 4.79 Å². The van der Waals surface area contributed by atoms with Crippen LogP contribution in [0.1, 0.15) is 10.4 Å². The molecule has 2 aromatic rings. The van der Waals surface area contributed by atoms with Gasteiger partial charge in [-0.1, -0.05) is 30.3 Å². The molecule has 2 rings (SSSR count). The highest BCUT2D eigenvalue weighted by Gasteiger charge is 2.15. The number of carbonyl (C=O) groups is 1. The van der Waals surface area contributed by atoms with E-state index in [1.54, 1.807) is 6.07 Å². The van der Waals surface area contributed by atoms with E-state index in [1.165, 1.54) is 6.07 Å². The Kier molecular flexibility index (Phi) is 4.15. The van der Waals surface area contributed by atoms with Crippen molar-refractivity contribution in [2.24, 2.45) is 0 Å². The van der Waals surface area contributed by atoms with Crippen molar-refractivity contribution >= 4 is 33.3 Å². The first-order chi connectivity index (χ1) is 8.63. The van der Waals surface area contributed by atoms with Gasteiger partial charge in [0.2, 0.25) is 0 Å². The second kappa shape index (κ2) is 5.63. The summed E-state index contributed by atoms with van der Waals surface area (Å²) in [6.45, 7) is 0. The zero-order chi connectivity index (χ0) is 13.1. The fourth-order valence-corrected chi connectivity index (χ4v) is 2.27. The lowest BCUT2D eigenvalue weighted by Crippen LogP contribution is -2.04. The Bertz CT molecular complexity index is 584. The molecule has 0 saturated carbocycles. The molecule has 0 spiro atoms. The van der Waals surface area contributed by atoms with Gasteiger partial charge in [-0.2, -0.15) is 0 Å². The average Bonchev–Trinajstić information content (AvgIpc) is 2.41. The van der Waals surface area contributed by atoms with Gasteiger partial charge in [0, 0.05) is 0 Å². The van der Waals surface area contributed by atoms with Gasteiger partial charge in [0.25, 0.3) is 0 Å². The van der Waals surface area contributed by atoms with Crippen LogP contribution in [0.25, 0.3) is 11.1 Å². The third-order valence-electron chi connectivity index (χ3n) is 2.56. The zero-order valence-electron chi connectivity index (χ0n) is 9.29. The monoisotopic (exact) mass is 326 g/mol. The van der Waals surface area contributed by atoms with Crippen LogP contribution in [0, 0.1) is 5.82 Å². The fraction of sp³-hybridized carbons (Fsp3) is 0.0714. The molecule has 0 N–H and O–H groups in total. The number of alkyl halides is 1. The molecule has 2 aromatic carbocycles. The molecule has 0 atom stereocenters. The molecule has 0 radical (unpaired) electrons. The van der Waals surface area contributed by atoms with Crippen LogP contribution in [0.4, 0.5) is 4.39 Å². The van der Waals surface area contributed by atoms with Crippen LogP contribution in [0.3, 0.4) is 0 Å². The summed E-state index contributed by atoms with van der Waals surface area (Å²) < 4.78 is 14.1. The van der Waals surface area contributed by atoms with Crippen LogP contribution in [0.15, 0.2) is 46.9 Å². The lowest BCUT2D eigenvalue weighted by atomic mass is 10.0. The minimum absolute atomic E-state index is 0.0122. The first-order valence-electron chi connectivity index (χ1n) is 5.27. The molecule has 0 aliphatic heterocycles. The number of halogens is 3. The molecule has 18 heavy (non-hydrogen) atoms. The highest BCUT2D eigenvalue weighted by atomic mass is 79.9. The Labute approximate surface area is 118 Å². The van der Waals surface area contributed by atoms with Crippen LogP contribution in [0.5, 0.6) is 0 Å². The molecular weight excluding hydrogens is 319 g/mol. The highest BCUT2D eigenvalue weighted by Crippen LogP contribution is 2.28. The Balaban J connectivity index is 2.58. The maximum absolute atomic E-state index is 13.8. The van der Waals surface area contributed by atoms with E-state index in [4.69, 9.17) is 11.6 Å². The minimum Gasteiger partial charge on any atom is -0.293 e. The molecule has 0 bridgehead atoms. The smallest absolute Gasteiger partial charge is 0.180 e. The Morgan fingerprint density at radius 2 is 1.83 bits per heavy atom. The van der Waals surface area contributed by atoms with Crippen molar-refractivity contribution < 1.29 is 9.18 Å². The summed E-state index contributed by atoms with van der Waals surface area (Å²) in [7, 11) is 0. The van der Waals surface area contributed by atoms with Gasteiger partial charge in [-0.15, -0.1) is 11.6 Å². The minimum atomic E-state index is -0.569. The summed E-state index contributed by atoms with van der Waals surface area (Å²) in [5.74, 6) is -1.23. The topological polar surface area (TPSA) is 17.1 Å². The predicted molar refractivity (Wildman–Crippen MR) is 74.6 cm³/mol. The number of benzene rings is 2. The largest absolute Gasteiger partial charge is 0.293 e. The molecule has 0 amide bonds. The summed E-state index contributed by atoms with van der Waals surface area (Å²) in [6.07, 6.45) is 0. The van der Waals surface area contributed by atoms with Crippen LogP contribution < -0.4 is 0 Å². The Hall–Kier alpha value is -1.19. The molecule has 4 heteroatoms. The summed E-state index contributed by atoms with van der Waals surface area (Å²) in [5, 5.41) is 0. The third-order valence-corrected chi connectivity index (χ3v) is 3.38. The van der Waals surface area contributed by atoms with Crippen molar-refractivity contribution in [3.63, 3.8) is 0 Å². The van der Waals surface area contributed by atoms with Crippen molar-refractivity contribution in [1.29, 1.82) is 0 Å². The summed E-state index contributed by atoms with van der Waals surface area (Å²) >= 11 is 8.60. The first kappa shape index (κ1) is 13.2. The van der Waals surface area contributed by atoms with Crippen molar-refractivity contribution in [2.75, 3.05) is 5.88 Å². The molecule has 0 aliphatic rings. The second-order valence-electron chi connectivity index (χ2n) is 3.74. The zero-order valence-corrected chi connectivity index (χ0v) is 11.6. The number of ketones is 1. The van der Waals surface area contributed by atoms with Crippen LogP contribution in [-0.2, 0) is 0 Å². The number of Topliss-reactive ketones (excluding diaryl/α,β-unsaturated/α-hetero) is 1. The third kappa shape index (κ3) is 2.62. The fourth-order valence-electron chi connectivity index (χ4n) is 1.66. The molecule has 0 saturated heterocycles. The van der Waals surface area contributed by atoms with E-state index in [2.05, 4.69) is 15.9 Å². The molecule has 0 unspecified atom stereocenters. The molecule has 0 heterocycles. The molecular formula is C14H9BrClFO. The van der Waals surface area contributed by atoms with E-state index in [9.17, 15) is 9.18 Å². The van der Waals surface area contributed by atoms with Gasteiger partial charge < -0.3 is 0 Å². The van der Waals surface area contributed by atoms with Gasteiger partial charge in [0.05, 0.1) is 15.9 Å². The van der Waals surface area contributed by atoms with Crippen molar-refractivity contribution in [3.05, 3.63) is 58.3 Å². The number of carbonyl (C=O) groups excluding carboxylic acids is 1. The van der Waals surface area contributed by atoms with E-state index in [-0.39, 0.29) is 15.9 Å². The van der Waals surface area contributed by atoms with Crippen molar-refractivity contribution in [3.8, 4) is 11.1 Å². The van der Waals surface area contributed by atoms with Crippen LogP contribution >= 0.6 is 27.5 Å². The second-order valence-corrected chi connectivity index (χ2v) is 4.86. The molecule has 1 nitrogen and oxygen atoms in total. The van der Waals surface area contributed by atoms with Gasteiger partial charge in [-0.25, -0.2) is 4.39 Å². The van der Waals surface area contributed by atoms with E-state index in [0.717, 1.165) is 11.1 Å². The molecule has 0 aromatic heterocycles. The number of hydrogen-bond donors (Lipinski definition) is 0.